The van der Waals surface area contributed by atoms with Crippen molar-refractivity contribution in [2.75, 3.05) is 17.7 Å². The Hall–Kier alpha value is -3.48. The third kappa shape index (κ3) is 4.58. The lowest BCUT2D eigenvalue weighted by molar-refractivity contribution is 0.102. The van der Waals surface area contributed by atoms with Gasteiger partial charge in [0.1, 0.15) is 11.6 Å². The minimum Gasteiger partial charge on any atom is -0.497 e. The van der Waals surface area contributed by atoms with Crippen LogP contribution in [0.3, 0.4) is 0 Å². The van der Waals surface area contributed by atoms with E-state index in [4.69, 9.17) is 4.74 Å². The van der Waals surface area contributed by atoms with Crippen molar-refractivity contribution < 1.29 is 13.9 Å². The van der Waals surface area contributed by atoms with Crippen molar-refractivity contribution in [3.63, 3.8) is 0 Å². The smallest absolute Gasteiger partial charge is 0.259 e. The first-order valence-electron chi connectivity index (χ1n) is 8.33. The zero-order chi connectivity index (χ0) is 19.2. The number of aromatic nitrogens is 2. The highest BCUT2D eigenvalue weighted by Crippen LogP contribution is 2.17. The first-order chi connectivity index (χ1) is 13.1. The van der Waals surface area contributed by atoms with Crippen molar-refractivity contribution in [3.8, 4) is 5.75 Å². The molecule has 0 aliphatic rings. The van der Waals surface area contributed by atoms with E-state index in [1.54, 1.807) is 56.5 Å². The van der Waals surface area contributed by atoms with Crippen molar-refractivity contribution >= 4 is 17.5 Å². The van der Waals surface area contributed by atoms with Gasteiger partial charge in [-0.05, 0) is 37.3 Å². The van der Waals surface area contributed by atoms with Gasteiger partial charge in [0.25, 0.3) is 5.91 Å². The fraction of sp³-hybridized carbons (Fsp3) is 0.150. The second-order valence-corrected chi connectivity index (χ2v) is 5.82. The molecule has 0 fully saturated rings. The van der Waals surface area contributed by atoms with Gasteiger partial charge in [0, 0.05) is 24.0 Å². The molecule has 1 aromatic heterocycles. The van der Waals surface area contributed by atoms with E-state index >= 15 is 0 Å². The molecule has 0 saturated carbocycles. The molecule has 0 spiro atoms. The number of carbonyl (C=O) groups is 1. The summed E-state index contributed by atoms with van der Waals surface area (Å²) in [5, 5.41) is 5.75. The van der Waals surface area contributed by atoms with E-state index in [1.165, 1.54) is 12.3 Å². The van der Waals surface area contributed by atoms with Gasteiger partial charge in [0.15, 0.2) is 0 Å². The number of hydrogen-bond acceptors (Lipinski definition) is 5. The lowest BCUT2D eigenvalue weighted by Gasteiger charge is -2.10. The Morgan fingerprint density at radius 1 is 1.15 bits per heavy atom. The molecule has 7 heteroatoms. The summed E-state index contributed by atoms with van der Waals surface area (Å²) in [6.45, 7) is 1.97. The van der Waals surface area contributed by atoms with Gasteiger partial charge in [-0.15, -0.1) is 0 Å². The summed E-state index contributed by atoms with van der Waals surface area (Å²) in [7, 11) is 1.58. The van der Waals surface area contributed by atoms with E-state index in [9.17, 15) is 9.18 Å². The Kier molecular flexibility index (Phi) is 5.61. The van der Waals surface area contributed by atoms with Gasteiger partial charge in [-0.1, -0.05) is 18.2 Å². The number of aryl methyl sites for hydroxylation is 1. The molecule has 27 heavy (non-hydrogen) atoms. The van der Waals surface area contributed by atoms with Crippen molar-refractivity contribution in [3.05, 3.63) is 77.4 Å². The van der Waals surface area contributed by atoms with Gasteiger partial charge in [-0.3, -0.25) is 4.79 Å². The first-order valence-corrected chi connectivity index (χ1v) is 8.33. The van der Waals surface area contributed by atoms with Crippen molar-refractivity contribution in [1.82, 2.24) is 9.97 Å². The quantitative estimate of drug-likeness (QED) is 0.694. The number of carbonyl (C=O) groups excluding carboxylic acids is 1. The van der Waals surface area contributed by atoms with Gasteiger partial charge in [0.2, 0.25) is 5.95 Å². The monoisotopic (exact) mass is 366 g/mol. The van der Waals surface area contributed by atoms with Crippen molar-refractivity contribution in [1.29, 1.82) is 0 Å². The van der Waals surface area contributed by atoms with E-state index < -0.39 is 0 Å². The van der Waals surface area contributed by atoms with Gasteiger partial charge in [-0.2, -0.15) is 0 Å². The number of amides is 1. The minimum absolute atomic E-state index is 0.253. The molecule has 1 amide bonds. The highest BCUT2D eigenvalue weighted by Gasteiger charge is 2.12. The summed E-state index contributed by atoms with van der Waals surface area (Å²) in [5.41, 5.74) is 2.04. The third-order valence-corrected chi connectivity index (χ3v) is 3.97. The molecule has 0 saturated heterocycles. The summed E-state index contributed by atoms with van der Waals surface area (Å²) in [6.07, 6.45) is 1.45. The molecule has 0 atom stereocenters. The van der Waals surface area contributed by atoms with Crippen LogP contribution in [0.4, 0.5) is 16.0 Å². The molecule has 2 N–H and O–H groups in total. The number of nitrogens with one attached hydrogen (secondary N) is 2. The fourth-order valence-corrected chi connectivity index (χ4v) is 2.46. The number of hydrogen-bond donors (Lipinski definition) is 2. The van der Waals surface area contributed by atoms with Gasteiger partial charge >= 0.3 is 0 Å². The van der Waals surface area contributed by atoms with Crippen LogP contribution in [0.1, 0.15) is 21.6 Å². The van der Waals surface area contributed by atoms with Gasteiger partial charge < -0.3 is 15.4 Å². The average Bonchev–Trinajstić information content (AvgIpc) is 2.68. The largest absolute Gasteiger partial charge is 0.497 e. The van der Waals surface area contributed by atoms with Crippen molar-refractivity contribution in [2.45, 2.75) is 13.5 Å². The Labute approximate surface area is 156 Å². The highest BCUT2D eigenvalue weighted by atomic mass is 19.1. The molecule has 3 aromatic rings. The Balaban J connectivity index is 1.66. The predicted octanol–water partition coefficient (Wildman–Crippen LogP) is 3.80. The number of anilines is 2. The molecule has 138 valence electrons. The topological polar surface area (TPSA) is 76.1 Å². The molecule has 1 heterocycles. The van der Waals surface area contributed by atoms with Crippen LogP contribution in [0.2, 0.25) is 0 Å². The molecule has 0 aliphatic heterocycles. The van der Waals surface area contributed by atoms with Crippen LogP contribution in [0.5, 0.6) is 5.75 Å². The van der Waals surface area contributed by atoms with E-state index in [0.717, 1.165) is 0 Å². The maximum Gasteiger partial charge on any atom is 0.259 e. The molecule has 6 nitrogen and oxygen atoms in total. The van der Waals surface area contributed by atoms with Crippen LogP contribution < -0.4 is 15.4 Å². The molecular weight excluding hydrogens is 347 g/mol. The van der Waals surface area contributed by atoms with Crippen molar-refractivity contribution in [2.24, 2.45) is 0 Å². The van der Waals surface area contributed by atoms with E-state index in [1.807, 2.05) is 0 Å². The summed E-state index contributed by atoms with van der Waals surface area (Å²) in [4.78, 5) is 20.9. The van der Waals surface area contributed by atoms with Crippen LogP contribution in [-0.4, -0.2) is 23.0 Å². The number of methoxy groups -OCH3 is 1. The average molecular weight is 366 g/mol. The first kappa shape index (κ1) is 18.3. The van der Waals surface area contributed by atoms with Crippen LogP contribution >= 0.6 is 0 Å². The van der Waals surface area contributed by atoms with Gasteiger partial charge in [-0.25, -0.2) is 14.4 Å². The molecule has 0 bridgehead atoms. The Morgan fingerprint density at radius 2 is 1.89 bits per heavy atom. The molecule has 3 rings (SSSR count). The lowest BCUT2D eigenvalue weighted by atomic mass is 10.2. The predicted molar refractivity (Wildman–Crippen MR) is 101 cm³/mol. The minimum atomic E-state index is -0.307. The van der Waals surface area contributed by atoms with Gasteiger partial charge in [0.05, 0.1) is 18.4 Å². The highest BCUT2D eigenvalue weighted by molar-refractivity contribution is 6.04. The standard InChI is InChI=1S/C20H19FN4O2/c1-13-17(19(26)25-15-7-9-16(27-2)10-8-15)12-23-20(24-13)22-11-14-5-3-4-6-18(14)21/h3-10,12H,11H2,1-2H3,(H,25,26)(H,22,23,24). The number of halogens is 1. The maximum atomic E-state index is 13.7. The zero-order valence-corrected chi connectivity index (χ0v) is 15.0. The second kappa shape index (κ2) is 8.27. The summed E-state index contributed by atoms with van der Waals surface area (Å²) >= 11 is 0. The fourth-order valence-electron chi connectivity index (χ4n) is 2.46. The van der Waals surface area contributed by atoms with Crippen LogP contribution in [-0.2, 0) is 6.54 Å². The van der Waals surface area contributed by atoms with Crippen LogP contribution in [0.25, 0.3) is 0 Å². The van der Waals surface area contributed by atoms with E-state index in [2.05, 4.69) is 20.6 Å². The lowest BCUT2D eigenvalue weighted by Crippen LogP contribution is -2.16. The summed E-state index contributed by atoms with van der Waals surface area (Å²) < 4.78 is 18.7. The Morgan fingerprint density at radius 3 is 2.56 bits per heavy atom. The third-order valence-electron chi connectivity index (χ3n) is 3.97. The van der Waals surface area contributed by atoms with E-state index in [0.29, 0.717) is 34.2 Å². The SMILES string of the molecule is COc1ccc(NC(=O)c2cnc(NCc3ccccc3F)nc2C)cc1. The molecule has 0 unspecified atom stereocenters. The molecule has 0 radical (unpaired) electrons. The zero-order valence-electron chi connectivity index (χ0n) is 15.0. The summed E-state index contributed by atoms with van der Waals surface area (Å²) in [6, 6.07) is 13.5. The number of rotatable bonds is 6. The molecule has 2 aromatic carbocycles. The number of ether oxygens (including phenoxy) is 1. The Bertz CT molecular complexity index is 945. The normalized spacial score (nSPS) is 10.3. The molecule has 0 aliphatic carbocycles. The summed E-state index contributed by atoms with van der Waals surface area (Å²) in [5.74, 6) is 0.435. The number of nitrogens with zero attached hydrogens (tertiary/aromatic N) is 2. The van der Waals surface area contributed by atoms with Crippen LogP contribution in [0, 0.1) is 12.7 Å². The molecular formula is C20H19FN4O2. The van der Waals surface area contributed by atoms with E-state index in [-0.39, 0.29) is 18.3 Å². The second-order valence-electron chi connectivity index (χ2n) is 5.82. The maximum absolute atomic E-state index is 13.7. The van der Waals surface area contributed by atoms with Crippen LogP contribution in [0.15, 0.2) is 54.7 Å². The number of benzene rings is 2.